The van der Waals surface area contributed by atoms with E-state index < -0.39 is 0 Å². The fraction of sp³-hybridized carbons (Fsp3) is 0.400. The largest absolute Gasteiger partial charge is 0.324 e. The van der Waals surface area contributed by atoms with E-state index in [0.29, 0.717) is 0 Å². The molecule has 1 aromatic rings. The topological polar surface area (TPSA) is 26.0 Å². The van der Waals surface area contributed by atoms with Gasteiger partial charge in [-0.2, -0.15) is 0 Å². The number of hydrogen-bond acceptors (Lipinski definition) is 2. The standard InChI is InChI=1S/C10H12BrNS/c11-8-3-1-2-4-9(8)13-7-10(12)5-6-10/h1-4H,5-7,12H2. The number of benzene rings is 1. The highest BCUT2D eigenvalue weighted by molar-refractivity contribution is 9.10. The van der Waals surface area contributed by atoms with Crippen LogP contribution in [0.25, 0.3) is 0 Å². The Balaban J connectivity index is 1.97. The molecule has 0 spiro atoms. The first kappa shape index (κ1) is 9.56. The van der Waals surface area contributed by atoms with Gasteiger partial charge in [0, 0.05) is 20.7 Å². The molecule has 1 aliphatic rings. The average molecular weight is 258 g/mol. The van der Waals surface area contributed by atoms with Crippen molar-refractivity contribution in [1.29, 1.82) is 0 Å². The van der Waals surface area contributed by atoms with Crippen LogP contribution in [0.1, 0.15) is 12.8 Å². The molecule has 0 heterocycles. The van der Waals surface area contributed by atoms with Gasteiger partial charge in [0.15, 0.2) is 0 Å². The first-order valence-electron chi connectivity index (χ1n) is 4.36. The summed E-state index contributed by atoms with van der Waals surface area (Å²) in [5, 5.41) is 0. The predicted molar refractivity (Wildman–Crippen MR) is 61.0 cm³/mol. The molecule has 0 unspecified atom stereocenters. The molecule has 0 saturated heterocycles. The third-order valence-electron chi connectivity index (χ3n) is 2.24. The molecule has 1 nitrogen and oxygen atoms in total. The molecule has 3 heteroatoms. The smallest absolute Gasteiger partial charge is 0.0311 e. The second kappa shape index (κ2) is 3.64. The molecular formula is C10H12BrNS. The third kappa shape index (κ3) is 2.48. The molecular weight excluding hydrogens is 246 g/mol. The van der Waals surface area contributed by atoms with Gasteiger partial charge in [0.2, 0.25) is 0 Å². The van der Waals surface area contributed by atoms with E-state index in [-0.39, 0.29) is 5.54 Å². The summed E-state index contributed by atoms with van der Waals surface area (Å²) in [5.41, 5.74) is 6.15. The number of thioether (sulfide) groups is 1. The zero-order valence-corrected chi connectivity index (χ0v) is 9.70. The van der Waals surface area contributed by atoms with E-state index in [1.54, 1.807) is 0 Å². The number of hydrogen-bond donors (Lipinski definition) is 1. The summed E-state index contributed by atoms with van der Waals surface area (Å²) < 4.78 is 1.17. The molecule has 1 aliphatic carbocycles. The van der Waals surface area contributed by atoms with E-state index in [1.807, 2.05) is 17.8 Å². The van der Waals surface area contributed by atoms with Crippen LogP contribution in [-0.4, -0.2) is 11.3 Å². The first-order chi connectivity index (χ1) is 6.20. The van der Waals surface area contributed by atoms with Gasteiger partial charge in [0.25, 0.3) is 0 Å². The van der Waals surface area contributed by atoms with Crippen LogP contribution in [-0.2, 0) is 0 Å². The third-order valence-corrected chi connectivity index (χ3v) is 4.58. The number of rotatable bonds is 3. The highest BCUT2D eigenvalue weighted by Gasteiger charge is 2.37. The van der Waals surface area contributed by atoms with Gasteiger partial charge in [-0.25, -0.2) is 0 Å². The van der Waals surface area contributed by atoms with E-state index >= 15 is 0 Å². The average Bonchev–Trinajstić information content (AvgIpc) is 2.83. The maximum atomic E-state index is 6.01. The van der Waals surface area contributed by atoms with Gasteiger partial charge in [0.05, 0.1) is 0 Å². The van der Waals surface area contributed by atoms with Crippen LogP contribution in [0.3, 0.4) is 0 Å². The SMILES string of the molecule is NC1(CSc2ccccc2Br)CC1. The van der Waals surface area contributed by atoms with Crippen molar-refractivity contribution in [3.63, 3.8) is 0 Å². The molecule has 1 aromatic carbocycles. The second-order valence-corrected chi connectivity index (χ2v) is 5.45. The maximum Gasteiger partial charge on any atom is 0.0311 e. The molecule has 2 N–H and O–H groups in total. The Morgan fingerprint density at radius 2 is 2.08 bits per heavy atom. The van der Waals surface area contributed by atoms with Crippen LogP contribution in [0.4, 0.5) is 0 Å². The summed E-state index contributed by atoms with van der Waals surface area (Å²) in [5.74, 6) is 1.04. The molecule has 0 radical (unpaired) electrons. The van der Waals surface area contributed by atoms with E-state index in [1.165, 1.54) is 22.2 Å². The van der Waals surface area contributed by atoms with Crippen molar-refractivity contribution in [1.82, 2.24) is 0 Å². The van der Waals surface area contributed by atoms with Crippen LogP contribution in [0.5, 0.6) is 0 Å². The summed E-state index contributed by atoms with van der Waals surface area (Å²) in [6, 6.07) is 8.28. The van der Waals surface area contributed by atoms with Crippen molar-refractivity contribution in [2.24, 2.45) is 5.73 Å². The minimum atomic E-state index is 0.139. The Morgan fingerprint density at radius 3 is 2.69 bits per heavy atom. The van der Waals surface area contributed by atoms with Gasteiger partial charge in [-0.1, -0.05) is 12.1 Å². The fourth-order valence-electron chi connectivity index (χ4n) is 1.09. The molecule has 0 aliphatic heterocycles. The molecule has 1 fully saturated rings. The lowest BCUT2D eigenvalue weighted by atomic mass is 10.4. The number of nitrogens with two attached hydrogens (primary N) is 1. The normalized spacial score (nSPS) is 18.6. The van der Waals surface area contributed by atoms with Crippen LogP contribution in [0.2, 0.25) is 0 Å². The lowest BCUT2D eigenvalue weighted by Gasteiger charge is -2.08. The summed E-state index contributed by atoms with van der Waals surface area (Å²) in [6.45, 7) is 0. The maximum absolute atomic E-state index is 6.01. The Morgan fingerprint density at radius 1 is 1.38 bits per heavy atom. The zero-order valence-electron chi connectivity index (χ0n) is 7.29. The quantitative estimate of drug-likeness (QED) is 0.843. The van der Waals surface area contributed by atoms with E-state index in [0.717, 1.165) is 5.75 Å². The van der Waals surface area contributed by atoms with E-state index in [9.17, 15) is 0 Å². The molecule has 1 saturated carbocycles. The number of halogens is 1. The van der Waals surface area contributed by atoms with Crippen LogP contribution in [0, 0.1) is 0 Å². The van der Waals surface area contributed by atoms with Gasteiger partial charge in [-0.05, 0) is 40.9 Å². The Bertz CT molecular complexity index is 310. The molecule has 70 valence electrons. The summed E-state index contributed by atoms with van der Waals surface area (Å²) in [6.07, 6.45) is 2.37. The molecule has 13 heavy (non-hydrogen) atoms. The van der Waals surface area contributed by atoms with E-state index in [2.05, 4.69) is 34.1 Å². The summed E-state index contributed by atoms with van der Waals surface area (Å²) in [7, 11) is 0. The monoisotopic (exact) mass is 257 g/mol. The van der Waals surface area contributed by atoms with Crippen molar-refractivity contribution in [2.45, 2.75) is 23.3 Å². The minimum Gasteiger partial charge on any atom is -0.324 e. The molecule has 0 bridgehead atoms. The van der Waals surface area contributed by atoms with Gasteiger partial charge < -0.3 is 5.73 Å². The van der Waals surface area contributed by atoms with Crippen molar-refractivity contribution >= 4 is 27.7 Å². The minimum absolute atomic E-state index is 0.139. The lowest BCUT2D eigenvalue weighted by Crippen LogP contribution is -2.24. The van der Waals surface area contributed by atoms with Crippen molar-refractivity contribution in [2.75, 3.05) is 5.75 Å². The van der Waals surface area contributed by atoms with Crippen LogP contribution >= 0.6 is 27.7 Å². The van der Waals surface area contributed by atoms with Gasteiger partial charge >= 0.3 is 0 Å². The Labute approximate surface area is 91.2 Å². The molecule has 0 aromatic heterocycles. The highest BCUT2D eigenvalue weighted by atomic mass is 79.9. The molecule has 0 atom stereocenters. The highest BCUT2D eigenvalue weighted by Crippen LogP contribution is 2.39. The first-order valence-corrected chi connectivity index (χ1v) is 6.14. The fourth-order valence-corrected chi connectivity index (χ4v) is 2.83. The second-order valence-electron chi connectivity index (χ2n) is 3.58. The zero-order chi connectivity index (χ0) is 9.31. The molecule has 2 rings (SSSR count). The summed E-state index contributed by atoms with van der Waals surface area (Å²) >= 11 is 5.37. The summed E-state index contributed by atoms with van der Waals surface area (Å²) in [4.78, 5) is 1.29. The van der Waals surface area contributed by atoms with Crippen molar-refractivity contribution in [3.8, 4) is 0 Å². The van der Waals surface area contributed by atoms with Crippen LogP contribution in [0.15, 0.2) is 33.6 Å². The van der Waals surface area contributed by atoms with Gasteiger partial charge in [0.1, 0.15) is 0 Å². The van der Waals surface area contributed by atoms with Crippen molar-refractivity contribution in [3.05, 3.63) is 28.7 Å². The van der Waals surface area contributed by atoms with Crippen LogP contribution < -0.4 is 5.73 Å². The predicted octanol–water partition coefficient (Wildman–Crippen LogP) is 3.03. The Hall–Kier alpha value is 0.01000. The van der Waals surface area contributed by atoms with Gasteiger partial charge in [-0.3, -0.25) is 0 Å². The lowest BCUT2D eigenvalue weighted by molar-refractivity contribution is 0.776. The van der Waals surface area contributed by atoms with Crippen molar-refractivity contribution < 1.29 is 0 Å². The Kier molecular flexibility index (Phi) is 2.67. The van der Waals surface area contributed by atoms with Gasteiger partial charge in [-0.15, -0.1) is 11.8 Å². The molecule has 0 amide bonds. The van der Waals surface area contributed by atoms with E-state index in [4.69, 9.17) is 5.73 Å².